The fraction of sp³-hybridized carbons (Fsp3) is 0.909. The minimum Gasteiger partial charge on any atom is -0.298 e. The van der Waals surface area contributed by atoms with Crippen molar-refractivity contribution in [1.82, 2.24) is 0 Å². The van der Waals surface area contributed by atoms with Gasteiger partial charge in [-0.15, -0.1) is 0 Å². The van der Waals surface area contributed by atoms with Crippen LogP contribution in [0.25, 0.3) is 0 Å². The van der Waals surface area contributed by atoms with Crippen molar-refractivity contribution in [2.75, 3.05) is 0 Å². The number of carbonyl (C=O) groups is 1. The van der Waals surface area contributed by atoms with Crippen molar-refractivity contribution in [2.45, 2.75) is 48.8 Å². The van der Waals surface area contributed by atoms with E-state index in [1.807, 2.05) is 0 Å². The van der Waals surface area contributed by atoms with Gasteiger partial charge in [-0.2, -0.15) is 0 Å². The van der Waals surface area contributed by atoms with Crippen LogP contribution >= 0.6 is 23.2 Å². The monoisotopic (exact) mass is 342 g/mol. The van der Waals surface area contributed by atoms with E-state index in [2.05, 4.69) is 0 Å². The van der Waals surface area contributed by atoms with Crippen molar-refractivity contribution in [2.24, 2.45) is 10.8 Å². The van der Waals surface area contributed by atoms with Crippen LogP contribution in [0, 0.1) is 10.8 Å². The maximum absolute atomic E-state index is 13.9. The van der Waals surface area contributed by atoms with Gasteiger partial charge in [-0.25, -0.2) is 26.3 Å². The maximum Gasteiger partial charge on any atom is 0.297 e. The first kappa shape index (κ1) is 16.2. The highest BCUT2D eigenvalue weighted by atomic mass is 35.5. The number of hydrogen-bond donors (Lipinski definition) is 0. The highest BCUT2D eigenvalue weighted by molar-refractivity contribution is 6.30. The fourth-order valence-electron chi connectivity index (χ4n) is 2.98. The molecule has 2 saturated carbocycles. The third-order valence-corrected chi connectivity index (χ3v) is 5.85. The van der Waals surface area contributed by atoms with Crippen molar-refractivity contribution < 1.29 is 31.1 Å². The smallest absolute Gasteiger partial charge is 0.297 e. The molecule has 0 N–H and O–H groups in total. The zero-order valence-corrected chi connectivity index (χ0v) is 11.9. The normalized spacial score (nSPS) is 52.9. The number of halogens is 8. The van der Waals surface area contributed by atoms with E-state index < -0.39 is 51.6 Å². The Kier molecular flexibility index (Phi) is 2.91. The predicted molar refractivity (Wildman–Crippen MR) is 59.7 cm³/mol. The first-order valence-corrected chi connectivity index (χ1v) is 6.39. The Morgan fingerprint density at radius 3 is 1.20 bits per heavy atom. The van der Waals surface area contributed by atoms with E-state index in [1.165, 1.54) is 0 Å². The Morgan fingerprint density at radius 2 is 1.05 bits per heavy atom. The molecule has 0 aromatic carbocycles. The van der Waals surface area contributed by atoms with Crippen LogP contribution in [0.4, 0.5) is 26.3 Å². The summed E-state index contributed by atoms with van der Waals surface area (Å²) in [6, 6.07) is 0. The van der Waals surface area contributed by atoms with Crippen LogP contribution in [-0.2, 0) is 4.79 Å². The number of Topliss-reactive ketones (excluding diaryl/α,β-unsaturated/α-hetero) is 1. The number of alkyl halides is 8. The Morgan fingerprint density at radius 1 is 0.800 bits per heavy atom. The zero-order chi connectivity index (χ0) is 16.0. The van der Waals surface area contributed by atoms with Crippen molar-refractivity contribution >= 4 is 29.0 Å². The van der Waals surface area contributed by atoms with Gasteiger partial charge in [0.15, 0.2) is 5.78 Å². The molecule has 0 saturated heterocycles. The second-order valence-corrected chi connectivity index (χ2v) is 6.95. The van der Waals surface area contributed by atoms with Gasteiger partial charge in [-0.1, -0.05) is 23.2 Å². The van der Waals surface area contributed by atoms with E-state index in [9.17, 15) is 31.1 Å². The van der Waals surface area contributed by atoms with Gasteiger partial charge in [-0.3, -0.25) is 4.79 Å². The standard InChI is InChI=1S/C11H10Cl2F6O/c1-6(3-8(14,15)10(6,12)18)5(20)7(2)4-9(16,17)11(7,13)19/h3-4H2,1-2H3. The average Bonchev–Trinajstić information content (AvgIpc) is 2.25. The third-order valence-electron chi connectivity index (χ3n) is 4.46. The molecule has 0 bridgehead atoms. The van der Waals surface area contributed by atoms with Crippen LogP contribution in [0.2, 0.25) is 0 Å². The summed E-state index contributed by atoms with van der Waals surface area (Å²) >= 11 is 10.1. The van der Waals surface area contributed by atoms with Gasteiger partial charge in [0, 0.05) is 12.8 Å². The fourth-order valence-corrected chi connectivity index (χ4v) is 3.42. The summed E-state index contributed by atoms with van der Waals surface area (Å²) in [7, 11) is 0. The molecule has 0 spiro atoms. The molecule has 0 amide bonds. The molecular weight excluding hydrogens is 333 g/mol. The lowest BCUT2D eigenvalue weighted by Crippen LogP contribution is -2.76. The molecule has 4 atom stereocenters. The zero-order valence-electron chi connectivity index (χ0n) is 10.3. The van der Waals surface area contributed by atoms with Gasteiger partial charge in [-0.05, 0) is 13.8 Å². The van der Waals surface area contributed by atoms with Crippen LogP contribution in [0.3, 0.4) is 0 Å². The van der Waals surface area contributed by atoms with Gasteiger partial charge in [0.2, 0.25) is 0 Å². The van der Waals surface area contributed by atoms with Gasteiger partial charge in [0.1, 0.15) is 0 Å². The Labute approximate surface area is 120 Å². The molecule has 116 valence electrons. The molecule has 0 aromatic heterocycles. The Hall–Kier alpha value is -0.170. The average molecular weight is 343 g/mol. The molecule has 0 aliphatic heterocycles. The second-order valence-electron chi connectivity index (χ2n) is 5.90. The first-order chi connectivity index (χ1) is 8.57. The number of carbonyl (C=O) groups excluding carboxylic acids is 1. The van der Waals surface area contributed by atoms with E-state index in [0.717, 1.165) is 13.8 Å². The predicted octanol–water partition coefficient (Wildman–Crippen LogP) is 4.46. The summed E-state index contributed by atoms with van der Waals surface area (Å²) in [5, 5.41) is -7.50. The molecule has 0 radical (unpaired) electrons. The van der Waals surface area contributed by atoms with E-state index in [1.54, 1.807) is 0 Å². The highest BCUT2D eigenvalue weighted by Crippen LogP contribution is 2.72. The lowest BCUT2D eigenvalue weighted by Gasteiger charge is -2.60. The molecule has 2 aliphatic carbocycles. The number of hydrogen-bond acceptors (Lipinski definition) is 1. The summed E-state index contributed by atoms with van der Waals surface area (Å²) in [6.07, 6.45) is -2.57. The summed E-state index contributed by atoms with van der Waals surface area (Å²) in [6.45, 7) is 1.52. The Balaban J connectivity index is 2.36. The molecule has 2 rings (SSSR count). The lowest BCUT2D eigenvalue weighted by molar-refractivity contribution is -0.275. The summed E-state index contributed by atoms with van der Waals surface area (Å²) in [4.78, 5) is 12.1. The van der Waals surface area contributed by atoms with Gasteiger partial charge in [0.05, 0.1) is 10.8 Å². The van der Waals surface area contributed by atoms with Crippen LogP contribution in [-0.4, -0.2) is 27.9 Å². The third kappa shape index (κ3) is 1.41. The van der Waals surface area contributed by atoms with Crippen LogP contribution in [0.1, 0.15) is 26.7 Å². The quantitative estimate of drug-likeness (QED) is 0.535. The SMILES string of the molecule is CC1(C(=O)C2(C)CC(F)(F)C2(F)Cl)CC(F)(F)C1(F)Cl. The van der Waals surface area contributed by atoms with E-state index >= 15 is 0 Å². The second kappa shape index (κ2) is 3.59. The van der Waals surface area contributed by atoms with Crippen molar-refractivity contribution in [3.63, 3.8) is 0 Å². The minimum absolute atomic E-state index is 0.758. The van der Waals surface area contributed by atoms with Crippen molar-refractivity contribution in [3.8, 4) is 0 Å². The van der Waals surface area contributed by atoms with E-state index in [0.29, 0.717) is 0 Å². The highest BCUT2D eigenvalue weighted by Gasteiger charge is 2.86. The Bertz CT molecular complexity index is 449. The molecule has 20 heavy (non-hydrogen) atoms. The van der Waals surface area contributed by atoms with Crippen LogP contribution in [0.15, 0.2) is 0 Å². The molecule has 1 nitrogen and oxygen atoms in total. The van der Waals surface area contributed by atoms with Crippen molar-refractivity contribution in [1.29, 1.82) is 0 Å². The minimum atomic E-state index is -3.99. The van der Waals surface area contributed by atoms with E-state index in [4.69, 9.17) is 23.2 Å². The topological polar surface area (TPSA) is 17.1 Å². The largest absolute Gasteiger partial charge is 0.298 e. The lowest BCUT2D eigenvalue weighted by atomic mass is 9.51. The van der Waals surface area contributed by atoms with Gasteiger partial charge in [0.25, 0.3) is 22.1 Å². The molecular formula is C11H10Cl2F6O. The molecule has 9 heteroatoms. The molecule has 2 fully saturated rings. The molecule has 0 aromatic rings. The van der Waals surface area contributed by atoms with E-state index in [-0.39, 0.29) is 0 Å². The van der Waals surface area contributed by atoms with Gasteiger partial charge < -0.3 is 0 Å². The molecule has 2 aliphatic rings. The molecule has 4 unspecified atom stereocenters. The summed E-state index contributed by atoms with van der Waals surface area (Å²) in [5.74, 6) is -9.45. The number of ketones is 1. The maximum atomic E-state index is 13.9. The molecule has 0 heterocycles. The number of rotatable bonds is 2. The summed E-state index contributed by atoms with van der Waals surface area (Å²) < 4.78 is 80.1. The van der Waals surface area contributed by atoms with Crippen LogP contribution in [0.5, 0.6) is 0 Å². The van der Waals surface area contributed by atoms with Crippen LogP contribution < -0.4 is 0 Å². The van der Waals surface area contributed by atoms with Gasteiger partial charge >= 0.3 is 0 Å². The first-order valence-electron chi connectivity index (χ1n) is 5.63. The van der Waals surface area contributed by atoms with Crippen molar-refractivity contribution in [3.05, 3.63) is 0 Å². The summed E-state index contributed by atoms with van der Waals surface area (Å²) in [5.41, 5.74) is -4.95.